The van der Waals surface area contributed by atoms with Gasteiger partial charge in [-0.15, -0.1) is 0 Å². The van der Waals surface area contributed by atoms with Gasteiger partial charge in [0.25, 0.3) is 0 Å². The number of aliphatic hydroxyl groups excluding tert-OH is 1. The average Bonchev–Trinajstić information content (AvgIpc) is 3.18. The zero-order chi connectivity index (χ0) is 27.9. The van der Waals surface area contributed by atoms with Gasteiger partial charge in [-0.25, -0.2) is 0 Å². The van der Waals surface area contributed by atoms with Crippen molar-refractivity contribution in [3.63, 3.8) is 0 Å². The average molecular weight is 525 g/mol. The van der Waals surface area contributed by atoms with Gasteiger partial charge in [0, 0.05) is 32.1 Å². The molecule has 3 fully saturated rings. The van der Waals surface area contributed by atoms with E-state index in [-0.39, 0.29) is 37.0 Å². The van der Waals surface area contributed by atoms with Crippen LogP contribution in [0.25, 0.3) is 0 Å². The highest BCUT2D eigenvalue weighted by Gasteiger charge is 2.64. The highest BCUT2D eigenvalue weighted by atomic mass is 16.6. The highest BCUT2D eigenvalue weighted by molar-refractivity contribution is 5.69. The fraction of sp³-hybridized carbons (Fsp3) is 0.821. The zero-order valence-corrected chi connectivity index (χ0v) is 23.2. The quantitative estimate of drug-likeness (QED) is 0.306. The summed E-state index contributed by atoms with van der Waals surface area (Å²) in [5.41, 5.74) is -2.39. The number of carbonyl (C=O) groups excluding carboxylic acids is 3. The Balaban J connectivity index is 2.14. The van der Waals surface area contributed by atoms with E-state index in [9.17, 15) is 24.6 Å². The molecule has 9 heteroatoms. The van der Waals surface area contributed by atoms with Gasteiger partial charge in [0.1, 0.15) is 35.6 Å². The van der Waals surface area contributed by atoms with Crippen LogP contribution in [-0.2, 0) is 33.3 Å². The minimum atomic E-state index is -1.86. The molecule has 2 aliphatic heterocycles. The number of ether oxygens (including phenoxy) is 4. The van der Waals surface area contributed by atoms with Crippen molar-refractivity contribution < 1.29 is 43.5 Å². The fourth-order valence-electron chi connectivity index (χ4n) is 6.75. The Bertz CT molecular complexity index is 896. The third-order valence-electron chi connectivity index (χ3n) is 8.58. The maximum Gasteiger partial charge on any atom is 0.306 e. The summed E-state index contributed by atoms with van der Waals surface area (Å²) in [4.78, 5) is 36.6. The van der Waals surface area contributed by atoms with Crippen LogP contribution in [-0.4, -0.2) is 69.8 Å². The van der Waals surface area contributed by atoms with Crippen LogP contribution in [0.3, 0.4) is 0 Å². The van der Waals surface area contributed by atoms with Crippen LogP contribution in [0, 0.1) is 23.7 Å². The van der Waals surface area contributed by atoms with E-state index >= 15 is 0 Å². The van der Waals surface area contributed by atoms with E-state index in [0.29, 0.717) is 18.4 Å². The van der Waals surface area contributed by atoms with E-state index in [4.69, 9.17) is 18.9 Å². The molecule has 3 rings (SSSR count). The van der Waals surface area contributed by atoms with Gasteiger partial charge in [-0.3, -0.25) is 14.4 Å². The van der Waals surface area contributed by atoms with Crippen LogP contribution >= 0.6 is 0 Å². The van der Waals surface area contributed by atoms with Crippen molar-refractivity contribution in [3.8, 4) is 0 Å². The topological polar surface area (TPSA) is 129 Å². The predicted molar refractivity (Wildman–Crippen MR) is 134 cm³/mol. The van der Waals surface area contributed by atoms with Gasteiger partial charge in [0.05, 0.1) is 6.10 Å². The summed E-state index contributed by atoms with van der Waals surface area (Å²) in [6.45, 7) is 16.2. The van der Waals surface area contributed by atoms with Gasteiger partial charge in [-0.1, -0.05) is 27.4 Å². The monoisotopic (exact) mass is 524 g/mol. The number of carbonyl (C=O) groups is 3. The fourth-order valence-corrected chi connectivity index (χ4v) is 6.75. The van der Waals surface area contributed by atoms with Crippen molar-refractivity contribution in [1.82, 2.24) is 0 Å². The summed E-state index contributed by atoms with van der Waals surface area (Å²) in [6.07, 6.45) is -2.97. The standard InChI is InChI=1S/C28H44O9/c1-9-10-21(31)35-20-11-12-27(7,37-17(6)30)26-23-18(14(2)3)13-19(34-16(5)29)15(4)22(23)24(36-26)25(32)28(20,8)33/h14,18-20,22-26,32-33H,4,9-13H2,1-3,5-8H3/t18-,19+,20+,22+,23-,24+,25+,26-,27-,28-/m1/s1. The maximum atomic E-state index is 12.4. The van der Waals surface area contributed by atoms with Gasteiger partial charge in [0.15, 0.2) is 0 Å². The minimum absolute atomic E-state index is 0.000474. The molecule has 9 nitrogen and oxygen atoms in total. The molecular formula is C28H44O9. The third-order valence-corrected chi connectivity index (χ3v) is 8.58. The summed E-state index contributed by atoms with van der Waals surface area (Å²) in [7, 11) is 0. The Morgan fingerprint density at radius 1 is 1.16 bits per heavy atom. The highest BCUT2D eigenvalue weighted by Crippen LogP contribution is 2.56. The molecule has 1 aliphatic carbocycles. The van der Waals surface area contributed by atoms with E-state index in [1.165, 1.54) is 20.8 Å². The number of fused-ring (bicyclic) bond motifs is 5. The first kappa shape index (κ1) is 29.6. The van der Waals surface area contributed by atoms with Crippen molar-refractivity contribution in [2.24, 2.45) is 23.7 Å². The molecule has 2 N–H and O–H groups in total. The molecule has 37 heavy (non-hydrogen) atoms. The van der Waals surface area contributed by atoms with Crippen molar-refractivity contribution >= 4 is 17.9 Å². The molecule has 210 valence electrons. The molecule has 3 aliphatic rings. The van der Waals surface area contributed by atoms with E-state index in [2.05, 4.69) is 20.4 Å². The molecule has 0 aromatic rings. The van der Waals surface area contributed by atoms with E-state index in [1.54, 1.807) is 6.92 Å². The number of hydrogen-bond donors (Lipinski definition) is 2. The Morgan fingerprint density at radius 2 is 1.81 bits per heavy atom. The van der Waals surface area contributed by atoms with Crippen LogP contribution in [0.4, 0.5) is 0 Å². The van der Waals surface area contributed by atoms with Crippen LogP contribution < -0.4 is 0 Å². The first-order chi connectivity index (χ1) is 17.1. The molecule has 2 saturated heterocycles. The second-order valence-corrected chi connectivity index (χ2v) is 11.8. The largest absolute Gasteiger partial charge is 0.459 e. The van der Waals surface area contributed by atoms with Crippen LogP contribution in [0.1, 0.15) is 80.6 Å². The third kappa shape index (κ3) is 5.73. The SMILES string of the molecule is C=C1[C@@H]2[C@@H]3O[C@H]([C@@H]2[C@@H](C(C)C)C[C@@H]1OC(C)=O)[C@](C)(OC(C)=O)CC[C@H](OC(=O)CCC)[C@@](C)(O)[C@H]3O. The first-order valence-electron chi connectivity index (χ1n) is 13.4. The zero-order valence-electron chi connectivity index (χ0n) is 23.2. The lowest BCUT2D eigenvalue weighted by atomic mass is 9.59. The molecular weight excluding hydrogens is 480 g/mol. The smallest absolute Gasteiger partial charge is 0.306 e. The lowest BCUT2D eigenvalue weighted by Crippen LogP contribution is -2.59. The van der Waals surface area contributed by atoms with Gasteiger partial charge in [0.2, 0.25) is 0 Å². The molecule has 0 amide bonds. The summed E-state index contributed by atoms with van der Waals surface area (Å²) >= 11 is 0. The molecule has 0 aromatic heterocycles. The normalized spacial score (nSPS) is 41.7. The summed E-state index contributed by atoms with van der Waals surface area (Å²) < 4.78 is 23.8. The lowest BCUT2D eigenvalue weighted by Gasteiger charge is -2.48. The molecule has 0 aromatic carbocycles. The van der Waals surface area contributed by atoms with Gasteiger partial charge >= 0.3 is 17.9 Å². The first-order valence-corrected chi connectivity index (χ1v) is 13.4. The Hall–Kier alpha value is -1.97. The van der Waals surface area contributed by atoms with Crippen molar-refractivity contribution in [3.05, 3.63) is 12.2 Å². The molecule has 0 radical (unpaired) electrons. The maximum absolute atomic E-state index is 12.4. The molecule has 0 unspecified atom stereocenters. The Kier molecular flexibility index (Phi) is 8.82. The Labute approximate surface area is 219 Å². The molecule has 2 bridgehead atoms. The summed E-state index contributed by atoms with van der Waals surface area (Å²) in [5, 5.41) is 23.3. The number of hydrogen-bond acceptors (Lipinski definition) is 9. The number of rotatable bonds is 6. The lowest BCUT2D eigenvalue weighted by molar-refractivity contribution is -0.198. The number of aliphatic hydroxyl groups is 2. The van der Waals surface area contributed by atoms with Crippen molar-refractivity contribution in [2.45, 2.75) is 122 Å². The molecule has 10 atom stereocenters. The molecule has 2 heterocycles. The molecule has 1 saturated carbocycles. The summed E-state index contributed by atoms with van der Waals surface area (Å²) in [6, 6.07) is 0. The predicted octanol–water partition coefficient (Wildman–Crippen LogP) is 3.09. The van der Waals surface area contributed by atoms with Gasteiger partial charge < -0.3 is 29.2 Å². The van der Waals surface area contributed by atoms with E-state index < -0.39 is 65.5 Å². The number of esters is 3. The second-order valence-electron chi connectivity index (χ2n) is 11.8. The van der Waals surface area contributed by atoms with Crippen LogP contribution in [0.15, 0.2) is 12.2 Å². The summed E-state index contributed by atoms with van der Waals surface area (Å²) in [5.74, 6) is -1.93. The van der Waals surface area contributed by atoms with E-state index in [1.807, 2.05) is 6.92 Å². The molecule has 0 spiro atoms. The minimum Gasteiger partial charge on any atom is -0.459 e. The van der Waals surface area contributed by atoms with Gasteiger partial charge in [-0.2, -0.15) is 0 Å². The van der Waals surface area contributed by atoms with Crippen LogP contribution in [0.2, 0.25) is 0 Å². The second kappa shape index (κ2) is 11.0. The Morgan fingerprint density at radius 3 is 2.35 bits per heavy atom. The van der Waals surface area contributed by atoms with Crippen molar-refractivity contribution in [2.75, 3.05) is 0 Å². The van der Waals surface area contributed by atoms with E-state index in [0.717, 1.165) is 0 Å². The van der Waals surface area contributed by atoms with Gasteiger partial charge in [-0.05, 0) is 56.9 Å². The van der Waals surface area contributed by atoms with Crippen molar-refractivity contribution in [1.29, 1.82) is 0 Å². The van der Waals surface area contributed by atoms with Crippen LogP contribution in [0.5, 0.6) is 0 Å².